The lowest BCUT2D eigenvalue weighted by Crippen LogP contribution is -2.62. The van der Waals surface area contributed by atoms with Gasteiger partial charge in [0, 0.05) is 36.8 Å². The molecule has 1 aromatic carbocycles. The smallest absolute Gasteiger partial charge is 0.350 e. The minimum Gasteiger partial charge on any atom is -0.507 e. The largest absolute Gasteiger partial charge is 0.507 e. The van der Waals surface area contributed by atoms with Crippen LogP contribution in [0.15, 0.2) is 41.5 Å². The molecule has 4 heterocycles. The number of aromatic hydroxyl groups is 1. The van der Waals surface area contributed by atoms with E-state index in [-0.39, 0.29) is 17.6 Å². The van der Waals surface area contributed by atoms with Gasteiger partial charge in [0.15, 0.2) is 11.6 Å². The molecule has 2 N–H and O–H groups in total. The predicted molar refractivity (Wildman–Crippen MR) is 122 cm³/mol. The highest BCUT2D eigenvalue weighted by Gasteiger charge is 2.51. The van der Waals surface area contributed by atoms with Crippen molar-refractivity contribution < 1.29 is 9.50 Å². The molecule has 0 amide bonds. The molecule has 5 rings (SSSR count). The summed E-state index contributed by atoms with van der Waals surface area (Å²) in [4.78, 5) is 21.7. The zero-order valence-electron chi connectivity index (χ0n) is 18.7. The number of anilines is 1. The van der Waals surface area contributed by atoms with Crippen molar-refractivity contribution in [3.8, 4) is 28.4 Å². The summed E-state index contributed by atoms with van der Waals surface area (Å²) in [5, 5.41) is 22.6. The Bertz CT molecular complexity index is 1250. The van der Waals surface area contributed by atoms with Crippen LogP contribution >= 0.6 is 0 Å². The summed E-state index contributed by atoms with van der Waals surface area (Å²) in [5.74, 6) is 0.785. The maximum Gasteiger partial charge on any atom is 0.350 e. The molecule has 0 aliphatic carbocycles. The van der Waals surface area contributed by atoms with Crippen LogP contribution in [0.3, 0.4) is 0 Å². The number of phenols is 1. The average molecular weight is 452 g/mol. The van der Waals surface area contributed by atoms with Crippen molar-refractivity contribution in [3.63, 3.8) is 0 Å². The Morgan fingerprint density at radius 1 is 1.27 bits per heavy atom. The van der Waals surface area contributed by atoms with E-state index in [9.17, 15) is 9.90 Å². The van der Waals surface area contributed by atoms with Crippen molar-refractivity contribution in [1.82, 2.24) is 30.0 Å². The maximum atomic E-state index is 15.3. The lowest BCUT2D eigenvalue weighted by molar-refractivity contribution is 0.111. The van der Waals surface area contributed by atoms with Gasteiger partial charge in [-0.15, -0.1) is 10.2 Å². The van der Waals surface area contributed by atoms with Crippen LogP contribution < -0.4 is 15.9 Å². The van der Waals surface area contributed by atoms with Crippen LogP contribution in [0.25, 0.3) is 22.6 Å². The van der Waals surface area contributed by atoms with Crippen molar-refractivity contribution in [2.24, 2.45) is 7.05 Å². The number of rotatable bonds is 4. The Morgan fingerprint density at radius 2 is 2.09 bits per heavy atom. The third-order valence-corrected chi connectivity index (χ3v) is 6.92. The van der Waals surface area contributed by atoms with E-state index in [0.29, 0.717) is 28.7 Å². The second kappa shape index (κ2) is 7.87. The number of phenolic OH excluding ortho intramolecular Hbond substituents is 1. The number of hydrogen-bond acceptors (Lipinski definition) is 8. The maximum absolute atomic E-state index is 15.3. The van der Waals surface area contributed by atoms with Gasteiger partial charge in [-0.1, -0.05) is 6.07 Å². The van der Waals surface area contributed by atoms with E-state index in [1.807, 2.05) is 18.9 Å². The Morgan fingerprint density at radius 3 is 2.79 bits per heavy atom. The van der Waals surface area contributed by atoms with Gasteiger partial charge >= 0.3 is 5.69 Å². The highest BCUT2D eigenvalue weighted by atomic mass is 19.1. The molecule has 1 unspecified atom stereocenters. The minimum absolute atomic E-state index is 0.0288. The van der Waals surface area contributed by atoms with Crippen molar-refractivity contribution in [3.05, 3.63) is 47.1 Å². The fourth-order valence-electron chi connectivity index (χ4n) is 4.91. The van der Waals surface area contributed by atoms with Gasteiger partial charge in [0.1, 0.15) is 18.2 Å². The number of aryl methyl sites for hydroxylation is 1. The predicted octanol–water partition coefficient (Wildman–Crippen LogP) is 2.06. The van der Waals surface area contributed by atoms with Crippen molar-refractivity contribution in [1.29, 1.82) is 0 Å². The molecule has 2 fully saturated rings. The van der Waals surface area contributed by atoms with Crippen LogP contribution in [0.2, 0.25) is 0 Å². The van der Waals surface area contributed by atoms with Crippen LogP contribution in [0.4, 0.5) is 10.2 Å². The van der Waals surface area contributed by atoms with Gasteiger partial charge in [-0.05, 0) is 50.5 Å². The number of nitrogens with zero attached hydrogens (tertiary/aromatic N) is 6. The monoisotopic (exact) mass is 451 g/mol. The number of aromatic nitrogens is 5. The molecule has 2 bridgehead atoms. The normalized spacial score (nSPS) is 26.4. The van der Waals surface area contributed by atoms with Crippen LogP contribution in [0, 0.1) is 0 Å². The molecule has 9 nitrogen and oxygen atoms in total. The SMILES string of the molecule is CN(c1ccc(-c2ccc(-c3ncn(C)c(=O)n3)cc2O)nn1)[C@@H]1CC2CC[C@](C)(N2)[C@@H]1F. The first-order chi connectivity index (χ1) is 15.7. The van der Waals surface area contributed by atoms with Crippen molar-refractivity contribution in [2.45, 2.75) is 50.0 Å². The molecule has 4 atom stereocenters. The van der Waals surface area contributed by atoms with Crippen LogP contribution in [-0.4, -0.2) is 60.7 Å². The van der Waals surface area contributed by atoms with Gasteiger partial charge in [-0.2, -0.15) is 4.98 Å². The van der Waals surface area contributed by atoms with E-state index < -0.39 is 17.4 Å². The first-order valence-corrected chi connectivity index (χ1v) is 11.0. The van der Waals surface area contributed by atoms with Gasteiger partial charge in [0.25, 0.3) is 0 Å². The van der Waals surface area contributed by atoms with E-state index in [1.165, 1.54) is 17.0 Å². The van der Waals surface area contributed by atoms with Gasteiger partial charge in [0.05, 0.1) is 11.7 Å². The second-order valence-electron chi connectivity index (χ2n) is 9.20. The molecule has 2 saturated heterocycles. The third kappa shape index (κ3) is 3.74. The van der Waals surface area contributed by atoms with Gasteiger partial charge in [0.2, 0.25) is 0 Å². The number of halogens is 1. The number of benzene rings is 1. The standard InChI is InChI=1S/C23H26FN7O2/c1-23-9-8-14(27-23)11-17(20(23)24)31(3)19-7-6-16(28-29-19)15-5-4-13(10-18(15)32)21-25-12-30(2)22(33)26-21/h4-7,10,12,14,17,20,27,32H,8-9,11H2,1-3H3/t14?,17-,20-,23+/m1/s1. The molecule has 33 heavy (non-hydrogen) atoms. The molecular weight excluding hydrogens is 425 g/mol. The second-order valence-corrected chi connectivity index (χ2v) is 9.20. The first kappa shape index (κ1) is 21.4. The minimum atomic E-state index is -1.00. The number of fused-ring (bicyclic) bond motifs is 2. The number of nitrogens with one attached hydrogen (secondary N) is 1. The van der Waals surface area contributed by atoms with Crippen molar-refractivity contribution >= 4 is 5.82 Å². The highest BCUT2D eigenvalue weighted by Crippen LogP contribution is 2.40. The molecule has 2 aliphatic heterocycles. The highest BCUT2D eigenvalue weighted by molar-refractivity contribution is 5.72. The average Bonchev–Trinajstić information content (AvgIpc) is 3.15. The summed E-state index contributed by atoms with van der Waals surface area (Å²) in [6.07, 6.45) is 2.93. The molecule has 0 radical (unpaired) electrons. The summed E-state index contributed by atoms with van der Waals surface area (Å²) in [5.41, 5.74) is 0.562. The number of alkyl halides is 1. The summed E-state index contributed by atoms with van der Waals surface area (Å²) in [6.45, 7) is 1.96. The van der Waals surface area contributed by atoms with Gasteiger partial charge < -0.3 is 15.3 Å². The summed E-state index contributed by atoms with van der Waals surface area (Å²) in [7, 11) is 3.42. The Balaban J connectivity index is 1.37. The van der Waals surface area contributed by atoms with E-state index in [4.69, 9.17) is 0 Å². The quantitative estimate of drug-likeness (QED) is 0.621. The number of piperidine rings is 1. The molecule has 0 saturated carbocycles. The molecule has 2 aliphatic rings. The van der Waals surface area contributed by atoms with Crippen LogP contribution in [0.5, 0.6) is 5.75 Å². The summed E-state index contributed by atoms with van der Waals surface area (Å²) < 4.78 is 16.5. The van der Waals surface area contributed by atoms with E-state index in [1.54, 1.807) is 31.3 Å². The Hall–Kier alpha value is -3.40. The van der Waals surface area contributed by atoms with E-state index >= 15 is 4.39 Å². The zero-order chi connectivity index (χ0) is 23.3. The van der Waals surface area contributed by atoms with Crippen LogP contribution in [0.1, 0.15) is 26.2 Å². The van der Waals surface area contributed by atoms with Gasteiger partial charge in [-0.25, -0.2) is 14.2 Å². The lowest BCUT2D eigenvalue weighted by atomic mass is 9.86. The summed E-state index contributed by atoms with van der Waals surface area (Å²) in [6, 6.07) is 8.49. The van der Waals surface area contributed by atoms with E-state index in [2.05, 4.69) is 25.5 Å². The zero-order valence-corrected chi connectivity index (χ0v) is 18.7. The molecule has 172 valence electrons. The molecule has 0 spiro atoms. The summed E-state index contributed by atoms with van der Waals surface area (Å²) >= 11 is 0. The van der Waals surface area contributed by atoms with Gasteiger partial charge in [-0.3, -0.25) is 4.57 Å². The van der Waals surface area contributed by atoms with E-state index in [0.717, 1.165) is 19.3 Å². The molecular formula is C23H26FN7O2. The fraction of sp³-hybridized carbons (Fsp3) is 0.435. The Kier molecular flexibility index (Phi) is 5.12. The Labute approximate surface area is 190 Å². The molecule has 3 aromatic rings. The number of hydrogen-bond donors (Lipinski definition) is 2. The third-order valence-electron chi connectivity index (χ3n) is 6.92. The fourth-order valence-corrected chi connectivity index (χ4v) is 4.91. The molecule has 10 heteroatoms. The first-order valence-electron chi connectivity index (χ1n) is 11.0. The van der Waals surface area contributed by atoms with Crippen LogP contribution in [-0.2, 0) is 7.05 Å². The topological polar surface area (TPSA) is 109 Å². The lowest BCUT2D eigenvalue weighted by Gasteiger charge is -2.44. The van der Waals surface area contributed by atoms with Crippen molar-refractivity contribution in [2.75, 3.05) is 11.9 Å². The molecule has 2 aromatic heterocycles.